The minimum atomic E-state index is 0.103. The number of rotatable bonds is 8. The Kier molecular flexibility index (Phi) is 6.97. The van der Waals surface area contributed by atoms with Gasteiger partial charge in [0.1, 0.15) is 5.75 Å². The van der Waals surface area contributed by atoms with Gasteiger partial charge in [0.25, 0.3) is 0 Å². The van der Waals surface area contributed by atoms with Crippen molar-refractivity contribution in [2.24, 2.45) is 0 Å². The van der Waals surface area contributed by atoms with Gasteiger partial charge in [-0.2, -0.15) is 0 Å². The van der Waals surface area contributed by atoms with Crippen molar-refractivity contribution in [3.8, 4) is 5.75 Å². The zero-order valence-corrected chi connectivity index (χ0v) is 12.0. The van der Waals surface area contributed by atoms with Gasteiger partial charge in [0.05, 0.1) is 7.11 Å². The first-order chi connectivity index (χ1) is 9.17. The summed E-state index contributed by atoms with van der Waals surface area (Å²) >= 11 is 0. The summed E-state index contributed by atoms with van der Waals surface area (Å²) < 4.78 is 5.19. The van der Waals surface area contributed by atoms with Gasteiger partial charge in [-0.1, -0.05) is 19.1 Å². The lowest BCUT2D eigenvalue weighted by Gasteiger charge is -2.13. The molecular formula is C15H24N2O2. The van der Waals surface area contributed by atoms with Gasteiger partial charge < -0.3 is 15.4 Å². The Bertz CT molecular complexity index is 393. The molecule has 0 bridgehead atoms. The Morgan fingerprint density at radius 1 is 1.37 bits per heavy atom. The maximum absolute atomic E-state index is 11.8. The number of benzene rings is 1. The first-order valence-corrected chi connectivity index (χ1v) is 6.72. The molecule has 1 rings (SSSR count). The molecule has 0 spiro atoms. The highest BCUT2D eigenvalue weighted by Gasteiger charge is 2.11. The lowest BCUT2D eigenvalue weighted by molar-refractivity contribution is -0.121. The number of hydrogen-bond donors (Lipinski definition) is 2. The number of hydrogen-bond acceptors (Lipinski definition) is 3. The van der Waals surface area contributed by atoms with E-state index >= 15 is 0 Å². The van der Waals surface area contributed by atoms with Crippen molar-refractivity contribution >= 4 is 5.91 Å². The Morgan fingerprint density at radius 2 is 2.16 bits per heavy atom. The topological polar surface area (TPSA) is 50.4 Å². The van der Waals surface area contributed by atoms with Crippen molar-refractivity contribution in [3.05, 3.63) is 29.8 Å². The molecule has 19 heavy (non-hydrogen) atoms. The molecule has 0 aliphatic rings. The van der Waals surface area contributed by atoms with Crippen molar-refractivity contribution in [1.82, 2.24) is 10.6 Å². The van der Waals surface area contributed by atoms with E-state index in [9.17, 15) is 4.79 Å². The standard InChI is InChI=1S/C15H24N2O2/c1-12(10-15(18)17-9-5-8-16-2)13-6-4-7-14(11-13)19-3/h4,6-7,11-12,16H,5,8-10H2,1-3H3,(H,17,18). The number of nitrogens with one attached hydrogen (secondary N) is 2. The molecule has 0 saturated heterocycles. The molecule has 4 heteroatoms. The zero-order valence-electron chi connectivity index (χ0n) is 12.0. The molecule has 0 radical (unpaired) electrons. The summed E-state index contributed by atoms with van der Waals surface area (Å²) in [5, 5.41) is 5.99. The largest absolute Gasteiger partial charge is 0.497 e. The van der Waals surface area contributed by atoms with Crippen LogP contribution in [0.25, 0.3) is 0 Å². The van der Waals surface area contributed by atoms with Crippen LogP contribution in [0.1, 0.15) is 31.2 Å². The van der Waals surface area contributed by atoms with E-state index in [1.54, 1.807) is 7.11 Å². The van der Waals surface area contributed by atoms with E-state index in [2.05, 4.69) is 17.6 Å². The van der Waals surface area contributed by atoms with Crippen molar-refractivity contribution in [1.29, 1.82) is 0 Å². The van der Waals surface area contributed by atoms with Gasteiger partial charge in [0, 0.05) is 13.0 Å². The summed E-state index contributed by atoms with van der Waals surface area (Å²) in [6.45, 7) is 3.71. The average Bonchev–Trinajstić information content (AvgIpc) is 2.43. The van der Waals surface area contributed by atoms with Gasteiger partial charge in [0.2, 0.25) is 5.91 Å². The highest BCUT2D eigenvalue weighted by molar-refractivity contribution is 5.76. The third-order valence-corrected chi connectivity index (χ3v) is 3.08. The van der Waals surface area contributed by atoms with Crippen LogP contribution >= 0.6 is 0 Å². The predicted molar refractivity (Wildman–Crippen MR) is 77.6 cm³/mol. The summed E-state index contributed by atoms with van der Waals surface area (Å²) in [4.78, 5) is 11.8. The van der Waals surface area contributed by atoms with Crippen LogP contribution < -0.4 is 15.4 Å². The summed E-state index contributed by atoms with van der Waals surface area (Å²) in [5.41, 5.74) is 1.13. The second kappa shape index (κ2) is 8.53. The Hall–Kier alpha value is -1.55. The van der Waals surface area contributed by atoms with Gasteiger partial charge in [-0.15, -0.1) is 0 Å². The molecule has 0 heterocycles. The van der Waals surface area contributed by atoms with Crippen molar-refractivity contribution in [2.45, 2.75) is 25.7 Å². The molecule has 106 valence electrons. The van der Waals surface area contributed by atoms with E-state index < -0.39 is 0 Å². The lowest BCUT2D eigenvalue weighted by Crippen LogP contribution is -2.27. The summed E-state index contributed by atoms with van der Waals surface area (Å²) in [7, 11) is 3.56. The van der Waals surface area contributed by atoms with Gasteiger partial charge in [-0.3, -0.25) is 4.79 Å². The molecule has 1 aromatic rings. The SMILES string of the molecule is CNCCCNC(=O)CC(C)c1cccc(OC)c1. The van der Waals surface area contributed by atoms with Crippen LogP contribution in [0.15, 0.2) is 24.3 Å². The van der Waals surface area contributed by atoms with E-state index in [0.29, 0.717) is 6.42 Å². The summed E-state index contributed by atoms with van der Waals surface area (Å²) in [5.74, 6) is 1.13. The summed E-state index contributed by atoms with van der Waals surface area (Å²) in [6, 6.07) is 7.88. The van der Waals surface area contributed by atoms with Crippen LogP contribution in [0.5, 0.6) is 5.75 Å². The normalized spacial score (nSPS) is 11.9. The molecule has 4 nitrogen and oxygen atoms in total. The van der Waals surface area contributed by atoms with E-state index in [1.807, 2.05) is 31.3 Å². The third-order valence-electron chi connectivity index (χ3n) is 3.08. The fraction of sp³-hybridized carbons (Fsp3) is 0.533. The average molecular weight is 264 g/mol. The van der Waals surface area contributed by atoms with E-state index in [1.165, 1.54) is 0 Å². The number of methoxy groups -OCH3 is 1. The molecule has 0 aliphatic carbocycles. The monoisotopic (exact) mass is 264 g/mol. The Balaban J connectivity index is 2.40. The Morgan fingerprint density at radius 3 is 2.84 bits per heavy atom. The number of ether oxygens (including phenoxy) is 1. The van der Waals surface area contributed by atoms with Crippen LogP contribution in [0.2, 0.25) is 0 Å². The van der Waals surface area contributed by atoms with Crippen molar-refractivity contribution in [2.75, 3.05) is 27.2 Å². The van der Waals surface area contributed by atoms with Gasteiger partial charge >= 0.3 is 0 Å². The van der Waals surface area contributed by atoms with E-state index in [4.69, 9.17) is 4.74 Å². The van der Waals surface area contributed by atoms with E-state index in [-0.39, 0.29) is 11.8 Å². The minimum Gasteiger partial charge on any atom is -0.497 e. The molecule has 2 N–H and O–H groups in total. The Labute approximate surface area is 115 Å². The van der Waals surface area contributed by atoms with Gasteiger partial charge in [-0.05, 0) is 43.6 Å². The third kappa shape index (κ3) is 5.75. The highest BCUT2D eigenvalue weighted by Crippen LogP contribution is 2.22. The molecule has 1 aromatic carbocycles. The van der Waals surface area contributed by atoms with Gasteiger partial charge in [-0.25, -0.2) is 0 Å². The molecular weight excluding hydrogens is 240 g/mol. The molecule has 1 amide bonds. The molecule has 0 saturated carbocycles. The number of amides is 1. The van der Waals surface area contributed by atoms with E-state index in [0.717, 1.165) is 30.8 Å². The zero-order chi connectivity index (χ0) is 14.1. The first kappa shape index (κ1) is 15.5. The second-order valence-electron chi connectivity index (χ2n) is 4.69. The smallest absolute Gasteiger partial charge is 0.220 e. The number of carbonyl (C=O) groups excluding carboxylic acids is 1. The highest BCUT2D eigenvalue weighted by atomic mass is 16.5. The minimum absolute atomic E-state index is 0.103. The van der Waals surface area contributed by atoms with Crippen LogP contribution in [-0.4, -0.2) is 33.2 Å². The predicted octanol–water partition coefficient (Wildman–Crippen LogP) is 1.91. The van der Waals surface area contributed by atoms with Crippen LogP contribution in [0.4, 0.5) is 0 Å². The molecule has 1 atom stereocenters. The first-order valence-electron chi connectivity index (χ1n) is 6.72. The van der Waals surface area contributed by atoms with Crippen molar-refractivity contribution in [3.63, 3.8) is 0 Å². The fourth-order valence-electron chi connectivity index (χ4n) is 1.91. The fourth-order valence-corrected chi connectivity index (χ4v) is 1.91. The molecule has 1 unspecified atom stereocenters. The maximum atomic E-state index is 11.8. The van der Waals surface area contributed by atoms with Gasteiger partial charge in [0.15, 0.2) is 0 Å². The number of carbonyl (C=O) groups is 1. The molecule has 0 aliphatic heterocycles. The van der Waals surface area contributed by atoms with Crippen molar-refractivity contribution < 1.29 is 9.53 Å². The molecule has 0 aromatic heterocycles. The maximum Gasteiger partial charge on any atom is 0.220 e. The van der Waals surface area contributed by atoms with Crippen LogP contribution in [0.3, 0.4) is 0 Å². The van der Waals surface area contributed by atoms with Crippen LogP contribution in [-0.2, 0) is 4.79 Å². The lowest BCUT2D eigenvalue weighted by atomic mass is 9.97. The molecule has 0 fully saturated rings. The van der Waals surface area contributed by atoms with Crippen LogP contribution in [0, 0.1) is 0 Å². The second-order valence-corrected chi connectivity index (χ2v) is 4.69. The quantitative estimate of drug-likeness (QED) is 0.705. The summed E-state index contributed by atoms with van der Waals surface area (Å²) in [6.07, 6.45) is 1.46.